The number of thioether (sulfide) groups is 1. The zero-order valence-electron chi connectivity index (χ0n) is 11.1. The Kier molecular flexibility index (Phi) is 3.47. The van der Waals surface area contributed by atoms with Crippen LogP contribution in [0.1, 0.15) is 31.5 Å². The van der Waals surface area contributed by atoms with Gasteiger partial charge in [0, 0.05) is 18.7 Å². The second kappa shape index (κ2) is 5.28. The molecule has 1 N–H and O–H groups in total. The fourth-order valence-electron chi connectivity index (χ4n) is 1.99. The van der Waals surface area contributed by atoms with E-state index in [0.29, 0.717) is 11.1 Å². The molecule has 20 heavy (non-hydrogen) atoms. The smallest absolute Gasteiger partial charge is 0.313 e. The van der Waals surface area contributed by atoms with Crippen LogP contribution in [0.15, 0.2) is 17.6 Å². The molecule has 0 aromatic carbocycles. The number of rotatable bonds is 6. The Labute approximate surface area is 120 Å². The minimum Gasteiger partial charge on any atom is -0.481 e. The summed E-state index contributed by atoms with van der Waals surface area (Å²) in [6, 6.07) is 0. The van der Waals surface area contributed by atoms with E-state index in [-0.39, 0.29) is 5.75 Å². The van der Waals surface area contributed by atoms with Crippen LogP contribution in [0.4, 0.5) is 0 Å². The lowest BCUT2D eigenvalue weighted by molar-refractivity contribution is -0.133. The quantitative estimate of drug-likeness (QED) is 0.813. The highest BCUT2D eigenvalue weighted by atomic mass is 32.2. The van der Waals surface area contributed by atoms with Crippen molar-refractivity contribution in [3.63, 3.8) is 0 Å². The van der Waals surface area contributed by atoms with Gasteiger partial charge >= 0.3 is 5.97 Å². The SMILES string of the molecule is CCn1cc(-n2c(SCC(=O)O)nnc2C2CC2)cn1. The van der Waals surface area contributed by atoms with Crippen molar-refractivity contribution in [1.82, 2.24) is 24.5 Å². The van der Waals surface area contributed by atoms with E-state index in [4.69, 9.17) is 5.11 Å². The van der Waals surface area contributed by atoms with E-state index in [0.717, 1.165) is 30.9 Å². The Balaban J connectivity index is 1.96. The molecule has 2 aromatic heterocycles. The Morgan fingerprint density at radius 3 is 2.90 bits per heavy atom. The van der Waals surface area contributed by atoms with Gasteiger partial charge < -0.3 is 5.11 Å². The molecule has 0 atom stereocenters. The van der Waals surface area contributed by atoms with Gasteiger partial charge in [0.2, 0.25) is 0 Å². The van der Waals surface area contributed by atoms with E-state index in [9.17, 15) is 4.79 Å². The summed E-state index contributed by atoms with van der Waals surface area (Å²) in [7, 11) is 0. The largest absolute Gasteiger partial charge is 0.481 e. The first kappa shape index (κ1) is 13.2. The van der Waals surface area contributed by atoms with Crippen LogP contribution in [0, 0.1) is 0 Å². The molecular weight excluding hydrogens is 278 g/mol. The van der Waals surface area contributed by atoms with Crippen molar-refractivity contribution in [3.05, 3.63) is 18.2 Å². The van der Waals surface area contributed by atoms with Crippen LogP contribution in [0.5, 0.6) is 0 Å². The molecule has 1 saturated carbocycles. The maximum Gasteiger partial charge on any atom is 0.313 e. The van der Waals surface area contributed by atoms with Crippen molar-refractivity contribution >= 4 is 17.7 Å². The van der Waals surface area contributed by atoms with Crippen molar-refractivity contribution in [2.75, 3.05) is 5.75 Å². The lowest BCUT2D eigenvalue weighted by Crippen LogP contribution is -2.04. The Morgan fingerprint density at radius 1 is 1.50 bits per heavy atom. The molecule has 0 radical (unpaired) electrons. The average Bonchev–Trinajstić information content (AvgIpc) is 3.02. The third kappa shape index (κ3) is 2.55. The average molecular weight is 293 g/mol. The molecule has 7 nitrogen and oxygen atoms in total. The summed E-state index contributed by atoms with van der Waals surface area (Å²) in [5.74, 6) is 0.465. The first-order valence-electron chi connectivity index (χ1n) is 6.51. The minimum absolute atomic E-state index is 0.0231. The molecule has 8 heteroatoms. The van der Waals surface area contributed by atoms with E-state index in [2.05, 4.69) is 15.3 Å². The summed E-state index contributed by atoms with van der Waals surface area (Å²) in [5.41, 5.74) is 0.895. The van der Waals surface area contributed by atoms with E-state index in [1.165, 1.54) is 11.8 Å². The Hall–Kier alpha value is -1.83. The number of hydrogen-bond acceptors (Lipinski definition) is 5. The highest BCUT2D eigenvalue weighted by molar-refractivity contribution is 7.99. The second-order valence-corrected chi connectivity index (χ2v) is 5.63. The van der Waals surface area contributed by atoms with Gasteiger partial charge in [-0.1, -0.05) is 11.8 Å². The predicted octanol–water partition coefficient (Wildman–Crippen LogP) is 1.54. The maximum atomic E-state index is 10.7. The van der Waals surface area contributed by atoms with Gasteiger partial charge in [-0.3, -0.25) is 14.0 Å². The number of aryl methyl sites for hydroxylation is 1. The molecule has 0 aliphatic heterocycles. The normalized spacial score (nSPS) is 14.7. The fraction of sp³-hybridized carbons (Fsp3) is 0.500. The molecule has 2 aromatic rings. The van der Waals surface area contributed by atoms with Crippen molar-refractivity contribution in [2.45, 2.75) is 37.4 Å². The first-order chi connectivity index (χ1) is 9.69. The van der Waals surface area contributed by atoms with Crippen LogP contribution in [-0.2, 0) is 11.3 Å². The summed E-state index contributed by atoms with van der Waals surface area (Å²) in [4.78, 5) is 10.7. The lowest BCUT2D eigenvalue weighted by Gasteiger charge is -2.06. The monoisotopic (exact) mass is 293 g/mol. The van der Waals surface area contributed by atoms with Gasteiger partial charge in [-0.15, -0.1) is 10.2 Å². The Morgan fingerprint density at radius 2 is 2.30 bits per heavy atom. The summed E-state index contributed by atoms with van der Waals surface area (Å²) < 4.78 is 3.77. The highest BCUT2D eigenvalue weighted by Gasteiger charge is 2.31. The number of carboxylic acids is 1. The zero-order chi connectivity index (χ0) is 14.1. The van der Waals surface area contributed by atoms with E-state index >= 15 is 0 Å². The summed E-state index contributed by atoms with van der Waals surface area (Å²) in [5, 5.41) is 22.1. The third-order valence-corrected chi connectivity index (χ3v) is 4.04. The van der Waals surface area contributed by atoms with Gasteiger partial charge in [0.25, 0.3) is 0 Å². The summed E-state index contributed by atoms with van der Waals surface area (Å²) >= 11 is 1.19. The first-order valence-corrected chi connectivity index (χ1v) is 7.50. The van der Waals surface area contributed by atoms with Crippen LogP contribution in [-0.4, -0.2) is 41.4 Å². The highest BCUT2D eigenvalue weighted by Crippen LogP contribution is 2.41. The molecule has 0 spiro atoms. The molecule has 1 fully saturated rings. The van der Waals surface area contributed by atoms with Crippen molar-refractivity contribution < 1.29 is 9.90 Å². The van der Waals surface area contributed by atoms with Gasteiger partial charge in [0.1, 0.15) is 5.82 Å². The van der Waals surface area contributed by atoms with Crippen molar-refractivity contribution in [2.24, 2.45) is 0 Å². The zero-order valence-corrected chi connectivity index (χ0v) is 11.9. The third-order valence-electron chi connectivity index (χ3n) is 3.13. The lowest BCUT2D eigenvalue weighted by atomic mass is 10.4. The number of carboxylic acid groups (broad SMARTS) is 1. The number of carbonyl (C=O) groups is 1. The van der Waals surface area contributed by atoms with Gasteiger partial charge in [-0.25, -0.2) is 0 Å². The molecule has 0 amide bonds. The molecule has 0 saturated heterocycles. The molecule has 1 aliphatic carbocycles. The van der Waals surface area contributed by atoms with Crippen LogP contribution in [0.2, 0.25) is 0 Å². The topological polar surface area (TPSA) is 85.8 Å². The van der Waals surface area contributed by atoms with E-state index in [1.54, 1.807) is 6.20 Å². The van der Waals surface area contributed by atoms with Crippen molar-refractivity contribution in [1.29, 1.82) is 0 Å². The van der Waals surface area contributed by atoms with Crippen LogP contribution >= 0.6 is 11.8 Å². The van der Waals surface area contributed by atoms with Gasteiger partial charge in [-0.2, -0.15) is 5.10 Å². The number of nitrogens with zero attached hydrogens (tertiary/aromatic N) is 5. The van der Waals surface area contributed by atoms with Crippen LogP contribution in [0.3, 0.4) is 0 Å². The Bertz CT molecular complexity index is 632. The standard InChI is InChI=1S/C12H15N5O2S/c1-2-16-6-9(5-13-16)17-11(8-3-4-8)14-15-12(17)20-7-10(18)19/h5-6,8H,2-4,7H2,1H3,(H,18,19). The number of hydrogen-bond donors (Lipinski definition) is 1. The molecular formula is C12H15N5O2S. The molecule has 0 unspecified atom stereocenters. The van der Waals surface area contributed by atoms with Gasteiger partial charge in [0.05, 0.1) is 17.6 Å². The molecule has 3 rings (SSSR count). The van der Waals surface area contributed by atoms with Crippen molar-refractivity contribution in [3.8, 4) is 5.69 Å². The molecule has 1 aliphatic rings. The van der Waals surface area contributed by atoms with Crippen LogP contribution < -0.4 is 0 Å². The summed E-state index contributed by atoms with van der Waals surface area (Å²) in [6.07, 6.45) is 5.93. The summed E-state index contributed by atoms with van der Waals surface area (Å²) in [6.45, 7) is 2.81. The van der Waals surface area contributed by atoms with Gasteiger partial charge in [-0.05, 0) is 19.8 Å². The fourth-order valence-corrected chi connectivity index (χ4v) is 2.67. The number of aromatic nitrogens is 5. The predicted molar refractivity (Wildman–Crippen MR) is 73.2 cm³/mol. The molecule has 106 valence electrons. The molecule has 2 heterocycles. The molecule has 0 bridgehead atoms. The van der Waals surface area contributed by atoms with E-state index < -0.39 is 5.97 Å². The van der Waals surface area contributed by atoms with Gasteiger partial charge in [0.15, 0.2) is 5.16 Å². The van der Waals surface area contributed by atoms with Crippen LogP contribution in [0.25, 0.3) is 5.69 Å². The minimum atomic E-state index is -0.859. The van der Waals surface area contributed by atoms with E-state index in [1.807, 2.05) is 22.4 Å². The maximum absolute atomic E-state index is 10.7. The second-order valence-electron chi connectivity index (χ2n) is 4.69. The number of aliphatic carboxylic acids is 1.